The molecule has 1 aliphatic rings. The molecule has 0 bridgehead atoms. The van der Waals surface area contributed by atoms with Gasteiger partial charge in [-0.2, -0.15) is 0 Å². The largest absolute Gasteiger partial charge is 0.491 e. The van der Waals surface area contributed by atoms with E-state index < -0.39 is 34.6 Å². The van der Waals surface area contributed by atoms with Crippen molar-refractivity contribution in [1.82, 2.24) is 0 Å². The lowest BCUT2D eigenvalue weighted by atomic mass is 9.94. The third-order valence-corrected chi connectivity index (χ3v) is 6.55. The summed E-state index contributed by atoms with van der Waals surface area (Å²) in [5.41, 5.74) is -0.781. The van der Waals surface area contributed by atoms with Crippen molar-refractivity contribution in [3.05, 3.63) is 89.8 Å². The van der Waals surface area contributed by atoms with Crippen LogP contribution in [0.25, 0.3) is 22.3 Å². The lowest BCUT2D eigenvalue weighted by molar-refractivity contribution is -0.00789. The van der Waals surface area contributed by atoms with Gasteiger partial charge in [0, 0.05) is 22.6 Å². The van der Waals surface area contributed by atoms with Gasteiger partial charge in [-0.1, -0.05) is 36.4 Å². The van der Waals surface area contributed by atoms with Crippen molar-refractivity contribution in [3.63, 3.8) is 0 Å². The van der Waals surface area contributed by atoms with Crippen molar-refractivity contribution >= 4 is 0 Å². The molecule has 1 aliphatic heterocycles. The first-order valence-electron chi connectivity index (χ1n) is 12.0. The van der Waals surface area contributed by atoms with Crippen LogP contribution in [0.3, 0.4) is 0 Å². The Morgan fingerprint density at radius 2 is 1.56 bits per heavy atom. The van der Waals surface area contributed by atoms with Gasteiger partial charge in [-0.15, -0.1) is 6.58 Å². The average molecular weight is 503 g/mol. The molecular formula is C29H27F5O2. The third kappa shape index (κ3) is 5.31. The molecule has 0 saturated carbocycles. The van der Waals surface area contributed by atoms with Gasteiger partial charge in [0.05, 0.1) is 19.3 Å². The van der Waals surface area contributed by atoms with Crippen LogP contribution in [0, 0.1) is 35.0 Å². The van der Waals surface area contributed by atoms with Crippen molar-refractivity contribution in [3.8, 4) is 28.0 Å². The maximum Gasteiger partial charge on any atom is 0.167 e. The molecule has 2 atom stereocenters. The van der Waals surface area contributed by atoms with Gasteiger partial charge in [0.2, 0.25) is 0 Å². The van der Waals surface area contributed by atoms with E-state index in [1.807, 2.05) is 6.08 Å². The van der Waals surface area contributed by atoms with E-state index in [0.717, 1.165) is 25.0 Å². The number of rotatable bonds is 8. The molecule has 0 aliphatic carbocycles. The molecule has 4 rings (SSSR count). The number of hydrogen-bond acceptors (Lipinski definition) is 2. The van der Waals surface area contributed by atoms with Crippen molar-refractivity contribution in [1.29, 1.82) is 0 Å². The zero-order chi connectivity index (χ0) is 25.8. The molecule has 3 aromatic rings. The van der Waals surface area contributed by atoms with Gasteiger partial charge in [-0.05, 0) is 55.9 Å². The SMILES string of the molecule is C=CC1CCC(CCc2ccc(-c3ccc(-c4ccc(OCC)c(F)c4)c(F)c3F)c(F)c2F)OC1. The summed E-state index contributed by atoms with van der Waals surface area (Å²) in [5.74, 6) is -5.39. The molecule has 3 aromatic carbocycles. The predicted molar refractivity (Wildman–Crippen MR) is 129 cm³/mol. The zero-order valence-corrected chi connectivity index (χ0v) is 19.9. The Morgan fingerprint density at radius 1 is 0.889 bits per heavy atom. The summed E-state index contributed by atoms with van der Waals surface area (Å²) < 4.78 is 84.8. The van der Waals surface area contributed by atoms with E-state index in [1.54, 1.807) is 6.92 Å². The van der Waals surface area contributed by atoms with Gasteiger partial charge in [-0.25, -0.2) is 22.0 Å². The van der Waals surface area contributed by atoms with Crippen LogP contribution in [0.5, 0.6) is 5.75 Å². The molecule has 0 spiro atoms. The lowest BCUT2D eigenvalue weighted by Crippen LogP contribution is -2.25. The zero-order valence-electron chi connectivity index (χ0n) is 19.9. The molecule has 2 unspecified atom stereocenters. The molecule has 1 heterocycles. The molecule has 0 aromatic heterocycles. The Kier molecular flexibility index (Phi) is 8.09. The average Bonchev–Trinajstić information content (AvgIpc) is 2.88. The van der Waals surface area contributed by atoms with E-state index in [1.165, 1.54) is 30.3 Å². The van der Waals surface area contributed by atoms with Crippen LogP contribution in [0.15, 0.2) is 55.1 Å². The lowest BCUT2D eigenvalue weighted by Gasteiger charge is -2.27. The minimum atomic E-state index is -1.35. The Morgan fingerprint density at radius 3 is 2.19 bits per heavy atom. The van der Waals surface area contributed by atoms with E-state index in [9.17, 15) is 22.0 Å². The predicted octanol–water partition coefficient (Wildman–Crippen LogP) is 8.03. The first-order valence-corrected chi connectivity index (χ1v) is 12.0. The molecule has 0 amide bonds. The second-order valence-electron chi connectivity index (χ2n) is 8.83. The number of aryl methyl sites for hydroxylation is 1. The third-order valence-electron chi connectivity index (χ3n) is 6.55. The molecule has 0 radical (unpaired) electrons. The topological polar surface area (TPSA) is 18.5 Å². The van der Waals surface area contributed by atoms with Crippen LogP contribution in [-0.2, 0) is 11.2 Å². The van der Waals surface area contributed by atoms with Crippen molar-refractivity contribution in [2.45, 2.75) is 38.7 Å². The van der Waals surface area contributed by atoms with Gasteiger partial charge in [-0.3, -0.25) is 0 Å². The van der Waals surface area contributed by atoms with E-state index in [4.69, 9.17) is 9.47 Å². The molecule has 7 heteroatoms. The first kappa shape index (κ1) is 25.9. The van der Waals surface area contributed by atoms with Crippen LogP contribution >= 0.6 is 0 Å². The van der Waals surface area contributed by atoms with Gasteiger partial charge < -0.3 is 9.47 Å². The number of benzene rings is 3. The summed E-state index contributed by atoms with van der Waals surface area (Å²) >= 11 is 0. The standard InChI is InChI=1S/C29H27F5O2/c1-3-17-5-9-20(36-16-17)10-6-18-7-11-22(28(33)26(18)31)23-13-12-21(27(32)29(23)34)19-8-14-25(35-4-2)24(30)15-19/h3,7-8,11-15,17,20H,1,4-6,9-10,16H2,2H3. The molecule has 1 fully saturated rings. The normalized spacial score (nSPS) is 17.7. The van der Waals surface area contributed by atoms with E-state index in [0.29, 0.717) is 18.9 Å². The Labute approximate surface area is 207 Å². The van der Waals surface area contributed by atoms with Crippen LogP contribution in [0.4, 0.5) is 22.0 Å². The van der Waals surface area contributed by atoms with Crippen molar-refractivity contribution in [2.75, 3.05) is 13.2 Å². The highest BCUT2D eigenvalue weighted by Crippen LogP contribution is 2.35. The Hall–Kier alpha value is -3.19. The van der Waals surface area contributed by atoms with Crippen LogP contribution in [0.1, 0.15) is 31.7 Å². The fourth-order valence-corrected chi connectivity index (χ4v) is 4.47. The van der Waals surface area contributed by atoms with Gasteiger partial charge in [0.15, 0.2) is 34.8 Å². The highest BCUT2D eigenvalue weighted by molar-refractivity contribution is 5.72. The number of hydrogen-bond donors (Lipinski definition) is 0. The van der Waals surface area contributed by atoms with Gasteiger partial charge in [0.1, 0.15) is 0 Å². The summed E-state index contributed by atoms with van der Waals surface area (Å²) in [4.78, 5) is 0. The fraction of sp³-hybridized carbons (Fsp3) is 0.310. The highest BCUT2D eigenvalue weighted by Gasteiger charge is 2.23. The Bertz CT molecular complexity index is 1250. The highest BCUT2D eigenvalue weighted by atomic mass is 19.2. The molecule has 1 saturated heterocycles. The maximum atomic E-state index is 15.0. The van der Waals surface area contributed by atoms with E-state index in [-0.39, 0.29) is 47.1 Å². The van der Waals surface area contributed by atoms with E-state index >= 15 is 0 Å². The maximum absolute atomic E-state index is 15.0. The monoisotopic (exact) mass is 502 g/mol. The van der Waals surface area contributed by atoms with E-state index in [2.05, 4.69) is 6.58 Å². The quantitative estimate of drug-likeness (QED) is 0.229. The van der Waals surface area contributed by atoms with Crippen LogP contribution < -0.4 is 4.74 Å². The van der Waals surface area contributed by atoms with Gasteiger partial charge in [0.25, 0.3) is 0 Å². The summed E-state index contributed by atoms with van der Waals surface area (Å²) in [5, 5.41) is 0. The molecule has 190 valence electrons. The summed E-state index contributed by atoms with van der Waals surface area (Å²) in [6, 6.07) is 8.76. The molecular weight excluding hydrogens is 475 g/mol. The second-order valence-corrected chi connectivity index (χ2v) is 8.83. The molecule has 36 heavy (non-hydrogen) atoms. The van der Waals surface area contributed by atoms with Crippen LogP contribution in [0.2, 0.25) is 0 Å². The number of halogens is 5. The van der Waals surface area contributed by atoms with Crippen molar-refractivity contribution < 1.29 is 31.4 Å². The summed E-state index contributed by atoms with van der Waals surface area (Å²) in [6.45, 7) is 6.27. The minimum Gasteiger partial charge on any atom is -0.491 e. The molecule has 2 nitrogen and oxygen atoms in total. The Balaban J connectivity index is 1.55. The van der Waals surface area contributed by atoms with Gasteiger partial charge >= 0.3 is 0 Å². The molecule has 0 N–H and O–H groups in total. The first-order chi connectivity index (χ1) is 17.3. The number of ether oxygens (including phenoxy) is 2. The summed E-state index contributed by atoms with van der Waals surface area (Å²) in [7, 11) is 0. The minimum absolute atomic E-state index is 0.00704. The van der Waals surface area contributed by atoms with Crippen LogP contribution in [-0.4, -0.2) is 19.3 Å². The smallest absolute Gasteiger partial charge is 0.167 e. The summed E-state index contributed by atoms with van der Waals surface area (Å²) in [6.07, 6.45) is 4.34. The second kappa shape index (κ2) is 11.2. The van der Waals surface area contributed by atoms with Crippen molar-refractivity contribution in [2.24, 2.45) is 5.92 Å². The fourth-order valence-electron chi connectivity index (χ4n) is 4.47.